The van der Waals surface area contributed by atoms with Gasteiger partial charge in [0.2, 0.25) is 5.88 Å². The first kappa shape index (κ1) is 24.6. The predicted molar refractivity (Wildman–Crippen MR) is 115 cm³/mol. The summed E-state index contributed by atoms with van der Waals surface area (Å²) in [7, 11) is 1.60. The van der Waals surface area contributed by atoms with Gasteiger partial charge in [0.25, 0.3) is 11.8 Å². The zero-order valence-electron chi connectivity index (χ0n) is 18.8. The Labute approximate surface area is 197 Å². The summed E-state index contributed by atoms with van der Waals surface area (Å²) in [5.41, 5.74) is -0.121. The maximum atomic E-state index is 14.5. The van der Waals surface area contributed by atoms with E-state index in [0.717, 1.165) is 17.0 Å². The van der Waals surface area contributed by atoms with E-state index in [1.54, 1.807) is 44.6 Å². The molecule has 1 aliphatic heterocycles. The van der Waals surface area contributed by atoms with Gasteiger partial charge in [0.15, 0.2) is 5.69 Å². The molecule has 0 aromatic carbocycles. The summed E-state index contributed by atoms with van der Waals surface area (Å²) < 4.78 is 74.3. The van der Waals surface area contributed by atoms with Crippen LogP contribution >= 0.6 is 0 Å². The number of carbonyl (C=O) groups is 1. The summed E-state index contributed by atoms with van der Waals surface area (Å²) in [5, 5.41) is 4.20. The number of aryl methyl sites for hydroxylation is 1. The van der Waals surface area contributed by atoms with Crippen molar-refractivity contribution in [2.75, 3.05) is 13.2 Å². The zero-order chi connectivity index (χ0) is 25.4. The maximum Gasteiger partial charge on any atom is 0.417 e. The van der Waals surface area contributed by atoms with Gasteiger partial charge in [0.05, 0.1) is 29.4 Å². The van der Waals surface area contributed by atoms with Crippen LogP contribution in [0.1, 0.15) is 29.4 Å². The van der Waals surface area contributed by atoms with Crippen LogP contribution < -0.4 is 4.74 Å². The van der Waals surface area contributed by atoms with Crippen molar-refractivity contribution in [1.29, 1.82) is 0 Å². The summed E-state index contributed by atoms with van der Waals surface area (Å²) in [6, 6.07) is 6.19. The molecule has 7 nitrogen and oxygen atoms in total. The summed E-state index contributed by atoms with van der Waals surface area (Å²) in [4.78, 5) is 22.4. The zero-order valence-corrected chi connectivity index (χ0v) is 18.8. The number of hydrogen-bond donors (Lipinski definition) is 0. The van der Waals surface area contributed by atoms with Gasteiger partial charge >= 0.3 is 6.18 Å². The average molecular weight is 495 g/mol. The van der Waals surface area contributed by atoms with Crippen molar-refractivity contribution < 1.29 is 31.5 Å². The van der Waals surface area contributed by atoms with Gasteiger partial charge in [0, 0.05) is 38.1 Å². The number of halogens is 5. The van der Waals surface area contributed by atoms with E-state index in [1.165, 1.54) is 4.68 Å². The van der Waals surface area contributed by atoms with E-state index in [1.807, 2.05) is 0 Å². The van der Waals surface area contributed by atoms with Gasteiger partial charge < -0.3 is 9.64 Å². The number of likely N-dealkylation sites (tertiary alicyclic amines) is 1. The lowest BCUT2D eigenvalue weighted by Crippen LogP contribution is -2.57. The average Bonchev–Trinajstić information content (AvgIpc) is 3.19. The lowest BCUT2D eigenvalue weighted by atomic mass is 9.88. The lowest BCUT2D eigenvalue weighted by Gasteiger charge is -2.42. The number of carbonyl (C=O) groups excluding carboxylic acids is 1. The minimum absolute atomic E-state index is 0.0336. The molecule has 3 aromatic heterocycles. The van der Waals surface area contributed by atoms with Crippen molar-refractivity contribution in [3.8, 4) is 17.1 Å². The van der Waals surface area contributed by atoms with Crippen molar-refractivity contribution in [2.24, 2.45) is 13.0 Å². The number of hydrogen-bond acceptors (Lipinski definition) is 5. The standard InChI is InChI=1S/C23H22F5N5O2/c1-14-9-22(24,25)13-33(18(14)12-35-19-7-6-15(10-30-19)23(26,27)28)21(34)20-16(11-32(2)31-20)17-5-3-4-8-29-17/h3-8,10-11,14,18H,9,12-13H2,1-2H3/t14?,18-/m1/s1. The topological polar surface area (TPSA) is 73.1 Å². The SMILES string of the molecule is CC1CC(F)(F)CN(C(=O)c2nn(C)cc2-c2ccccn2)[C@@H]1COc1ccc(C(F)(F)F)cn1. The Morgan fingerprint density at radius 1 is 1.20 bits per heavy atom. The Bertz CT molecular complexity index is 1180. The van der Waals surface area contributed by atoms with Crippen molar-refractivity contribution >= 4 is 5.91 Å². The highest BCUT2D eigenvalue weighted by Crippen LogP contribution is 2.36. The second-order valence-corrected chi connectivity index (χ2v) is 8.51. The van der Waals surface area contributed by atoms with Crippen molar-refractivity contribution in [2.45, 2.75) is 31.5 Å². The number of alkyl halides is 5. The van der Waals surface area contributed by atoms with Crippen molar-refractivity contribution in [1.82, 2.24) is 24.6 Å². The van der Waals surface area contributed by atoms with E-state index in [-0.39, 0.29) is 18.2 Å². The molecule has 0 bridgehead atoms. The minimum Gasteiger partial charge on any atom is -0.475 e. The normalized spacial score (nSPS) is 20.0. The second kappa shape index (κ2) is 9.23. The molecule has 4 rings (SSSR count). The predicted octanol–water partition coefficient (Wildman–Crippen LogP) is 4.46. The highest BCUT2D eigenvalue weighted by atomic mass is 19.4. The number of piperidine rings is 1. The summed E-state index contributed by atoms with van der Waals surface area (Å²) in [6.45, 7) is 0.496. The Kier molecular flexibility index (Phi) is 6.48. The first-order valence-corrected chi connectivity index (χ1v) is 10.7. The lowest BCUT2D eigenvalue weighted by molar-refractivity contribution is -0.137. The first-order chi connectivity index (χ1) is 16.4. The number of nitrogens with zero attached hydrogens (tertiary/aromatic N) is 5. The molecule has 0 radical (unpaired) electrons. The molecule has 1 aliphatic rings. The van der Waals surface area contributed by atoms with E-state index >= 15 is 0 Å². The maximum absolute atomic E-state index is 14.5. The first-order valence-electron chi connectivity index (χ1n) is 10.7. The molecule has 1 unspecified atom stereocenters. The van der Waals surface area contributed by atoms with Crippen LogP contribution in [-0.4, -0.2) is 55.7 Å². The molecule has 0 saturated carbocycles. The molecule has 35 heavy (non-hydrogen) atoms. The monoisotopic (exact) mass is 495 g/mol. The number of aromatic nitrogens is 4. The van der Waals surface area contributed by atoms with Gasteiger partial charge in [-0.05, 0) is 24.1 Å². The number of pyridine rings is 2. The van der Waals surface area contributed by atoms with E-state index < -0.39 is 48.5 Å². The molecule has 1 saturated heterocycles. The fraction of sp³-hybridized carbons (Fsp3) is 0.391. The van der Waals surface area contributed by atoms with E-state index in [9.17, 15) is 26.7 Å². The molecule has 1 amide bonds. The van der Waals surface area contributed by atoms with Crippen LogP contribution in [0.5, 0.6) is 5.88 Å². The fourth-order valence-corrected chi connectivity index (χ4v) is 4.12. The molecule has 0 N–H and O–H groups in total. The van der Waals surface area contributed by atoms with Crippen LogP contribution in [0.15, 0.2) is 48.9 Å². The van der Waals surface area contributed by atoms with Crippen LogP contribution in [0.25, 0.3) is 11.3 Å². The van der Waals surface area contributed by atoms with Crippen LogP contribution in [0.4, 0.5) is 22.0 Å². The summed E-state index contributed by atoms with van der Waals surface area (Å²) in [5.74, 6) is -4.62. The quantitative estimate of drug-likeness (QED) is 0.489. The van der Waals surface area contributed by atoms with Gasteiger partial charge in [-0.15, -0.1) is 0 Å². The van der Waals surface area contributed by atoms with Crippen LogP contribution in [0.2, 0.25) is 0 Å². The Morgan fingerprint density at radius 3 is 2.60 bits per heavy atom. The third kappa shape index (κ3) is 5.41. The smallest absolute Gasteiger partial charge is 0.417 e. The molecule has 2 atom stereocenters. The van der Waals surface area contributed by atoms with Gasteiger partial charge in [0.1, 0.15) is 6.61 Å². The summed E-state index contributed by atoms with van der Waals surface area (Å²) >= 11 is 0. The largest absolute Gasteiger partial charge is 0.475 e. The highest BCUT2D eigenvalue weighted by molar-refractivity contribution is 5.98. The van der Waals surface area contributed by atoms with E-state index in [2.05, 4.69) is 15.1 Å². The van der Waals surface area contributed by atoms with Gasteiger partial charge in [-0.25, -0.2) is 13.8 Å². The fourth-order valence-electron chi connectivity index (χ4n) is 4.12. The van der Waals surface area contributed by atoms with Crippen molar-refractivity contribution in [3.63, 3.8) is 0 Å². The van der Waals surface area contributed by atoms with E-state index in [4.69, 9.17) is 4.74 Å². The molecule has 3 aromatic rings. The van der Waals surface area contributed by atoms with Crippen LogP contribution in [-0.2, 0) is 13.2 Å². The van der Waals surface area contributed by atoms with Crippen LogP contribution in [0, 0.1) is 5.92 Å². The molecular formula is C23H22F5N5O2. The van der Waals surface area contributed by atoms with E-state index in [0.29, 0.717) is 17.5 Å². The Morgan fingerprint density at radius 2 is 1.97 bits per heavy atom. The number of ether oxygens (including phenoxy) is 1. The second-order valence-electron chi connectivity index (χ2n) is 8.51. The Balaban J connectivity index is 1.60. The molecule has 186 valence electrons. The summed E-state index contributed by atoms with van der Waals surface area (Å²) in [6.07, 6.45) is -1.27. The number of rotatable bonds is 5. The van der Waals surface area contributed by atoms with Gasteiger partial charge in [-0.3, -0.25) is 14.5 Å². The molecule has 4 heterocycles. The minimum atomic E-state index is -4.55. The van der Waals surface area contributed by atoms with Crippen LogP contribution in [0.3, 0.4) is 0 Å². The highest BCUT2D eigenvalue weighted by Gasteiger charge is 2.47. The third-order valence-electron chi connectivity index (χ3n) is 5.78. The molecule has 12 heteroatoms. The molecule has 0 aliphatic carbocycles. The molecular weight excluding hydrogens is 473 g/mol. The third-order valence-corrected chi connectivity index (χ3v) is 5.78. The van der Waals surface area contributed by atoms with Gasteiger partial charge in [-0.1, -0.05) is 13.0 Å². The molecule has 1 fully saturated rings. The van der Waals surface area contributed by atoms with Crippen molar-refractivity contribution in [3.05, 3.63) is 60.2 Å². The Hall–Kier alpha value is -3.57. The van der Waals surface area contributed by atoms with Gasteiger partial charge in [-0.2, -0.15) is 18.3 Å². The number of amides is 1. The molecule has 0 spiro atoms.